The zero-order valence-corrected chi connectivity index (χ0v) is 15.1. The Bertz CT molecular complexity index is 1220. The Morgan fingerprint density at radius 2 is 1.96 bits per heavy atom. The Morgan fingerprint density at radius 1 is 1.15 bits per heavy atom. The van der Waals surface area contributed by atoms with Gasteiger partial charge in [0.15, 0.2) is 11.3 Å². The van der Waals surface area contributed by atoms with Crippen molar-refractivity contribution >= 4 is 38.5 Å². The van der Waals surface area contributed by atoms with Crippen LogP contribution in [-0.2, 0) is 16.6 Å². The SMILES string of the molecule is O=S(=O)(Nc1ccn(Cc2c(F)cccc2Cl)n1)c1cccc2nonc12. The second-order valence-electron chi connectivity index (χ2n) is 5.59. The molecule has 0 unspecified atom stereocenters. The predicted molar refractivity (Wildman–Crippen MR) is 95.4 cm³/mol. The van der Waals surface area contributed by atoms with Crippen molar-refractivity contribution in [1.82, 2.24) is 20.1 Å². The van der Waals surface area contributed by atoms with E-state index >= 15 is 0 Å². The fourth-order valence-electron chi connectivity index (χ4n) is 2.54. The molecule has 4 rings (SSSR count). The first kappa shape index (κ1) is 17.4. The molecule has 0 fully saturated rings. The van der Waals surface area contributed by atoms with E-state index in [0.717, 1.165) is 0 Å². The molecule has 0 saturated heterocycles. The molecule has 2 aromatic heterocycles. The van der Waals surface area contributed by atoms with E-state index in [2.05, 4.69) is 24.8 Å². The smallest absolute Gasteiger partial charge is 0.265 e. The average Bonchev–Trinajstić information content (AvgIpc) is 3.26. The van der Waals surface area contributed by atoms with Crippen molar-refractivity contribution in [1.29, 1.82) is 0 Å². The molecule has 8 nitrogen and oxygen atoms in total. The van der Waals surface area contributed by atoms with Crippen LogP contribution in [0.3, 0.4) is 0 Å². The number of sulfonamides is 1. The van der Waals surface area contributed by atoms with Gasteiger partial charge < -0.3 is 0 Å². The van der Waals surface area contributed by atoms with Crippen LogP contribution in [0.4, 0.5) is 10.2 Å². The van der Waals surface area contributed by atoms with E-state index in [-0.39, 0.29) is 33.4 Å². The monoisotopic (exact) mass is 407 g/mol. The number of nitrogens with one attached hydrogen (secondary N) is 1. The Labute approximate surface area is 157 Å². The largest absolute Gasteiger partial charge is 0.266 e. The van der Waals surface area contributed by atoms with Gasteiger partial charge in [-0.3, -0.25) is 9.40 Å². The van der Waals surface area contributed by atoms with Crippen molar-refractivity contribution < 1.29 is 17.4 Å². The highest BCUT2D eigenvalue weighted by Gasteiger charge is 2.21. The molecule has 0 aliphatic heterocycles. The summed E-state index contributed by atoms with van der Waals surface area (Å²) in [6, 6.07) is 10.3. The van der Waals surface area contributed by atoms with Crippen LogP contribution < -0.4 is 4.72 Å². The third-order valence-electron chi connectivity index (χ3n) is 3.80. The summed E-state index contributed by atoms with van der Waals surface area (Å²) in [5.74, 6) is -0.402. The highest BCUT2D eigenvalue weighted by molar-refractivity contribution is 7.93. The maximum atomic E-state index is 13.9. The van der Waals surface area contributed by atoms with Crippen molar-refractivity contribution in [3.63, 3.8) is 0 Å². The Balaban J connectivity index is 1.60. The molecule has 0 saturated carbocycles. The summed E-state index contributed by atoms with van der Waals surface area (Å²) in [5.41, 5.74) is 0.690. The van der Waals surface area contributed by atoms with Crippen molar-refractivity contribution in [3.8, 4) is 0 Å². The molecule has 0 atom stereocenters. The molecule has 4 aromatic rings. The van der Waals surface area contributed by atoms with Gasteiger partial charge in [0.2, 0.25) is 0 Å². The zero-order chi connectivity index (χ0) is 19.0. The second kappa shape index (κ2) is 6.63. The zero-order valence-electron chi connectivity index (χ0n) is 13.5. The second-order valence-corrected chi connectivity index (χ2v) is 7.65. The van der Waals surface area contributed by atoms with Gasteiger partial charge in [0.25, 0.3) is 10.0 Å². The van der Waals surface area contributed by atoms with Crippen LogP contribution in [0.25, 0.3) is 11.0 Å². The number of anilines is 1. The Kier molecular flexibility index (Phi) is 4.28. The van der Waals surface area contributed by atoms with Crippen LogP contribution in [0.15, 0.2) is 58.2 Å². The fourth-order valence-corrected chi connectivity index (χ4v) is 3.91. The van der Waals surface area contributed by atoms with E-state index < -0.39 is 15.8 Å². The lowest BCUT2D eigenvalue weighted by Gasteiger charge is -2.07. The molecule has 0 spiro atoms. The third-order valence-corrected chi connectivity index (χ3v) is 5.54. The normalized spacial score (nSPS) is 11.8. The number of aromatic nitrogens is 4. The van der Waals surface area contributed by atoms with Gasteiger partial charge in [-0.1, -0.05) is 23.7 Å². The number of hydrogen-bond donors (Lipinski definition) is 1. The van der Waals surface area contributed by atoms with Crippen LogP contribution in [0.5, 0.6) is 0 Å². The van der Waals surface area contributed by atoms with Crippen molar-refractivity contribution in [2.45, 2.75) is 11.4 Å². The van der Waals surface area contributed by atoms with Crippen molar-refractivity contribution in [2.75, 3.05) is 4.72 Å². The van der Waals surface area contributed by atoms with Crippen LogP contribution >= 0.6 is 11.6 Å². The number of hydrogen-bond acceptors (Lipinski definition) is 6. The molecule has 2 heterocycles. The van der Waals surface area contributed by atoms with Crippen LogP contribution in [0.2, 0.25) is 5.02 Å². The minimum absolute atomic E-state index is 0.0516. The molecule has 11 heteroatoms. The topological polar surface area (TPSA) is 103 Å². The van der Waals surface area contributed by atoms with E-state index in [1.54, 1.807) is 12.1 Å². The first-order valence-electron chi connectivity index (χ1n) is 7.64. The van der Waals surface area contributed by atoms with E-state index in [1.807, 2.05) is 0 Å². The summed E-state index contributed by atoms with van der Waals surface area (Å²) < 4.78 is 47.5. The quantitative estimate of drug-likeness (QED) is 0.545. The van der Waals surface area contributed by atoms with Crippen LogP contribution in [0.1, 0.15) is 5.56 Å². The number of halogens is 2. The summed E-state index contributed by atoms with van der Waals surface area (Å²) >= 11 is 6.00. The molecular formula is C16H11ClFN5O3S. The number of fused-ring (bicyclic) bond motifs is 1. The minimum Gasteiger partial charge on any atom is -0.266 e. The van der Waals surface area contributed by atoms with Crippen LogP contribution in [-0.4, -0.2) is 28.5 Å². The average molecular weight is 408 g/mol. The van der Waals surface area contributed by atoms with E-state index in [0.29, 0.717) is 5.52 Å². The summed E-state index contributed by atoms with van der Waals surface area (Å²) in [6.07, 6.45) is 1.51. The molecule has 0 radical (unpaired) electrons. The van der Waals surface area contributed by atoms with Gasteiger partial charge in [0, 0.05) is 22.8 Å². The standard InChI is InChI=1S/C16H11ClFN5O3S/c17-11-3-1-4-12(18)10(11)9-23-8-7-15(19-23)22-27(24,25)14-6-2-5-13-16(14)21-26-20-13/h1-8H,9H2,(H,19,22). The highest BCUT2D eigenvalue weighted by atomic mass is 35.5. The van der Waals surface area contributed by atoms with Gasteiger partial charge in [0.05, 0.1) is 6.54 Å². The lowest BCUT2D eigenvalue weighted by atomic mass is 10.2. The lowest BCUT2D eigenvalue weighted by Crippen LogP contribution is -2.14. The lowest BCUT2D eigenvalue weighted by molar-refractivity contribution is 0.315. The molecular weight excluding hydrogens is 397 g/mol. The molecule has 138 valence electrons. The fraction of sp³-hybridized carbons (Fsp3) is 0.0625. The van der Waals surface area contributed by atoms with Gasteiger partial charge >= 0.3 is 0 Å². The van der Waals surface area contributed by atoms with Crippen molar-refractivity contribution in [3.05, 3.63) is 65.1 Å². The highest BCUT2D eigenvalue weighted by Crippen LogP contribution is 2.23. The molecule has 27 heavy (non-hydrogen) atoms. The van der Waals surface area contributed by atoms with E-state index in [4.69, 9.17) is 11.6 Å². The third kappa shape index (κ3) is 3.36. The van der Waals surface area contributed by atoms with Gasteiger partial charge in [-0.25, -0.2) is 17.4 Å². The molecule has 0 aliphatic carbocycles. The molecule has 1 N–H and O–H groups in total. The summed E-state index contributed by atoms with van der Waals surface area (Å²) in [5, 5.41) is 11.6. The maximum Gasteiger partial charge on any atom is 0.265 e. The van der Waals surface area contributed by atoms with Gasteiger partial charge in [-0.15, -0.1) is 0 Å². The van der Waals surface area contributed by atoms with Gasteiger partial charge in [-0.2, -0.15) is 5.10 Å². The van der Waals surface area contributed by atoms with E-state index in [1.165, 1.54) is 41.2 Å². The first-order valence-corrected chi connectivity index (χ1v) is 9.50. The molecule has 0 aliphatic rings. The predicted octanol–water partition coefficient (Wildman–Crippen LogP) is 3.06. The van der Waals surface area contributed by atoms with Crippen molar-refractivity contribution in [2.24, 2.45) is 0 Å². The molecule has 2 aromatic carbocycles. The Hall–Kier alpha value is -2.98. The number of benzene rings is 2. The van der Waals surface area contributed by atoms with Gasteiger partial charge in [0.1, 0.15) is 16.2 Å². The summed E-state index contributed by atoms with van der Waals surface area (Å²) in [6.45, 7) is 0.0516. The van der Waals surface area contributed by atoms with E-state index in [9.17, 15) is 12.8 Å². The molecule has 0 bridgehead atoms. The Morgan fingerprint density at radius 3 is 2.78 bits per heavy atom. The van der Waals surface area contributed by atoms with Gasteiger partial charge in [-0.05, 0) is 34.6 Å². The number of nitrogens with zero attached hydrogens (tertiary/aromatic N) is 4. The summed E-state index contributed by atoms with van der Waals surface area (Å²) in [4.78, 5) is -0.0899. The van der Waals surface area contributed by atoms with Crippen LogP contribution in [0, 0.1) is 5.82 Å². The maximum absolute atomic E-state index is 13.9. The summed E-state index contributed by atoms with van der Waals surface area (Å²) in [7, 11) is -3.97. The first-order chi connectivity index (χ1) is 12.9. The number of rotatable bonds is 5. The molecule has 0 amide bonds. The minimum atomic E-state index is -3.97.